The van der Waals surface area contributed by atoms with Gasteiger partial charge in [0.15, 0.2) is 5.16 Å². The van der Waals surface area contributed by atoms with Crippen molar-refractivity contribution < 1.29 is 4.79 Å². The van der Waals surface area contributed by atoms with Crippen molar-refractivity contribution in [1.29, 1.82) is 0 Å². The quantitative estimate of drug-likeness (QED) is 0.232. The van der Waals surface area contributed by atoms with E-state index >= 15 is 0 Å². The van der Waals surface area contributed by atoms with Crippen molar-refractivity contribution in [3.63, 3.8) is 0 Å². The van der Waals surface area contributed by atoms with Crippen molar-refractivity contribution in [1.82, 2.24) is 9.55 Å². The summed E-state index contributed by atoms with van der Waals surface area (Å²) in [5, 5.41) is 6.25. The maximum Gasteiger partial charge on any atom is 0.267 e. The normalized spacial score (nSPS) is 13.1. The van der Waals surface area contributed by atoms with Crippen LogP contribution in [0.25, 0.3) is 26.7 Å². The Hall–Kier alpha value is -3.42. The third kappa shape index (κ3) is 4.15. The van der Waals surface area contributed by atoms with Gasteiger partial charge in [0.1, 0.15) is 4.83 Å². The summed E-state index contributed by atoms with van der Waals surface area (Å²) in [5.41, 5.74) is 2.67. The van der Waals surface area contributed by atoms with Gasteiger partial charge in [0.2, 0.25) is 5.91 Å². The van der Waals surface area contributed by atoms with Gasteiger partial charge in [-0.1, -0.05) is 66.4 Å². The topological polar surface area (TPSA) is 64.0 Å². The summed E-state index contributed by atoms with van der Waals surface area (Å²) in [7, 11) is 0. The highest BCUT2D eigenvalue weighted by Gasteiger charge is 2.24. The number of carbonyl (C=O) groups excluding carboxylic acids is 1. The maximum atomic E-state index is 14.1. The van der Waals surface area contributed by atoms with E-state index in [4.69, 9.17) is 4.98 Å². The molecule has 3 aromatic carbocycles. The average Bonchev–Trinajstić information content (AvgIpc) is 3.27. The third-order valence-electron chi connectivity index (χ3n) is 6.36. The summed E-state index contributed by atoms with van der Waals surface area (Å²) in [6, 6.07) is 23.4. The molecule has 1 N–H and O–H groups in total. The second kappa shape index (κ2) is 9.32. The van der Waals surface area contributed by atoms with Crippen LogP contribution in [0.5, 0.6) is 0 Å². The summed E-state index contributed by atoms with van der Waals surface area (Å²) in [5.74, 6) is 0.0216. The fourth-order valence-corrected chi connectivity index (χ4v) is 6.86. The predicted molar refractivity (Wildman–Crippen MR) is 145 cm³/mol. The number of nitrogens with zero attached hydrogens (tertiary/aromatic N) is 2. The van der Waals surface area contributed by atoms with Gasteiger partial charge in [0.25, 0.3) is 5.56 Å². The van der Waals surface area contributed by atoms with E-state index < -0.39 is 0 Å². The Bertz CT molecular complexity index is 1620. The molecule has 7 heteroatoms. The minimum Gasteiger partial charge on any atom is -0.325 e. The number of aryl methyl sites for hydroxylation is 2. The monoisotopic (exact) mass is 497 g/mol. The van der Waals surface area contributed by atoms with Crippen molar-refractivity contribution in [2.75, 3.05) is 11.1 Å². The zero-order chi connectivity index (χ0) is 23.8. The van der Waals surface area contributed by atoms with Gasteiger partial charge in [-0.25, -0.2) is 4.98 Å². The van der Waals surface area contributed by atoms with Crippen LogP contribution in [0.15, 0.2) is 82.7 Å². The molecule has 0 unspecified atom stereocenters. The SMILES string of the molecule is O=C(CSc1nc2sc3c(c2c(=O)n1-c1cccc2ccccc12)CCCC3)Nc1ccccc1. The first-order valence-electron chi connectivity index (χ1n) is 11.7. The van der Waals surface area contributed by atoms with Crippen LogP contribution in [0, 0.1) is 0 Å². The number of aromatic nitrogens is 2. The molecule has 1 aliphatic carbocycles. The van der Waals surface area contributed by atoms with Gasteiger partial charge in [-0.15, -0.1) is 11.3 Å². The van der Waals surface area contributed by atoms with Crippen LogP contribution in [-0.2, 0) is 17.6 Å². The molecule has 174 valence electrons. The second-order valence-corrected chi connectivity index (χ2v) is 10.7. The Morgan fingerprint density at radius 3 is 2.63 bits per heavy atom. The van der Waals surface area contributed by atoms with E-state index in [-0.39, 0.29) is 17.2 Å². The number of thiophene rings is 1. The third-order valence-corrected chi connectivity index (χ3v) is 8.48. The van der Waals surface area contributed by atoms with Crippen LogP contribution < -0.4 is 10.9 Å². The Balaban J connectivity index is 1.47. The van der Waals surface area contributed by atoms with E-state index in [1.807, 2.05) is 72.8 Å². The number of nitrogens with one attached hydrogen (secondary N) is 1. The zero-order valence-electron chi connectivity index (χ0n) is 19.0. The van der Waals surface area contributed by atoms with E-state index in [0.717, 1.165) is 58.0 Å². The smallest absolute Gasteiger partial charge is 0.267 e. The lowest BCUT2D eigenvalue weighted by Crippen LogP contribution is -2.23. The Labute approximate surface area is 210 Å². The first kappa shape index (κ1) is 22.1. The van der Waals surface area contributed by atoms with E-state index in [0.29, 0.717) is 5.16 Å². The van der Waals surface area contributed by atoms with Crippen LogP contribution in [0.4, 0.5) is 5.69 Å². The molecular formula is C28H23N3O2S2. The van der Waals surface area contributed by atoms with Crippen molar-refractivity contribution in [2.24, 2.45) is 0 Å². The number of fused-ring (bicyclic) bond motifs is 4. The lowest BCUT2D eigenvalue weighted by atomic mass is 9.97. The van der Waals surface area contributed by atoms with Gasteiger partial charge in [0.05, 0.1) is 16.8 Å². The molecule has 0 spiro atoms. The molecule has 0 bridgehead atoms. The van der Waals surface area contributed by atoms with E-state index in [2.05, 4.69) is 5.32 Å². The maximum absolute atomic E-state index is 14.1. The number of amides is 1. The summed E-state index contributed by atoms with van der Waals surface area (Å²) < 4.78 is 1.72. The minimum atomic E-state index is -0.134. The molecule has 35 heavy (non-hydrogen) atoms. The molecule has 0 aliphatic heterocycles. The molecular weight excluding hydrogens is 474 g/mol. The molecule has 2 heterocycles. The van der Waals surface area contributed by atoms with E-state index in [1.165, 1.54) is 22.2 Å². The van der Waals surface area contributed by atoms with Gasteiger partial charge in [0, 0.05) is 16.0 Å². The van der Waals surface area contributed by atoms with Crippen LogP contribution in [0.1, 0.15) is 23.3 Å². The first-order chi connectivity index (χ1) is 17.2. The van der Waals surface area contributed by atoms with Crippen molar-refractivity contribution >= 4 is 55.7 Å². The van der Waals surface area contributed by atoms with E-state index in [1.54, 1.807) is 15.9 Å². The molecule has 0 radical (unpaired) electrons. The standard InChI is InChI=1S/C28H23N3O2S2/c32-24(29-19-11-2-1-3-12-19)17-34-28-30-26-25(21-14-6-7-16-23(21)35-26)27(33)31(28)22-15-8-10-18-9-4-5-13-20(18)22/h1-5,8-13,15H,6-7,14,16-17H2,(H,29,32). The molecule has 0 fully saturated rings. The highest BCUT2D eigenvalue weighted by atomic mass is 32.2. The van der Waals surface area contributed by atoms with Crippen LogP contribution in [-0.4, -0.2) is 21.2 Å². The summed E-state index contributed by atoms with van der Waals surface area (Å²) in [4.78, 5) is 33.8. The van der Waals surface area contributed by atoms with E-state index in [9.17, 15) is 9.59 Å². The van der Waals surface area contributed by atoms with Crippen molar-refractivity contribution in [2.45, 2.75) is 30.8 Å². The van der Waals surface area contributed by atoms with Crippen molar-refractivity contribution in [3.8, 4) is 5.69 Å². The van der Waals surface area contributed by atoms with Gasteiger partial charge in [-0.3, -0.25) is 14.2 Å². The molecule has 6 rings (SSSR count). The molecule has 0 saturated heterocycles. The lowest BCUT2D eigenvalue weighted by Gasteiger charge is -2.15. The van der Waals surface area contributed by atoms with Crippen LogP contribution >= 0.6 is 23.1 Å². The summed E-state index contributed by atoms with van der Waals surface area (Å²) >= 11 is 2.93. The second-order valence-electron chi connectivity index (χ2n) is 8.63. The number of para-hydroxylation sites is 1. The lowest BCUT2D eigenvalue weighted by molar-refractivity contribution is -0.113. The number of thioether (sulfide) groups is 1. The minimum absolute atomic E-state index is 0.0447. The predicted octanol–water partition coefficient (Wildman–Crippen LogP) is 6.21. The zero-order valence-corrected chi connectivity index (χ0v) is 20.6. The number of carbonyl (C=O) groups is 1. The summed E-state index contributed by atoms with van der Waals surface area (Å²) in [6.07, 6.45) is 4.18. The average molecular weight is 498 g/mol. The van der Waals surface area contributed by atoms with Crippen molar-refractivity contribution in [3.05, 3.63) is 93.6 Å². The molecule has 1 amide bonds. The number of benzene rings is 3. The molecule has 5 aromatic rings. The summed E-state index contributed by atoms with van der Waals surface area (Å²) in [6.45, 7) is 0. The first-order valence-corrected chi connectivity index (χ1v) is 13.5. The number of rotatable bonds is 5. The molecule has 0 saturated carbocycles. The van der Waals surface area contributed by atoms with Gasteiger partial charge < -0.3 is 5.32 Å². The number of hydrogen-bond acceptors (Lipinski definition) is 5. The Morgan fingerprint density at radius 2 is 1.74 bits per heavy atom. The Kier molecular flexibility index (Phi) is 5.88. The molecule has 0 atom stereocenters. The fourth-order valence-electron chi connectivity index (χ4n) is 4.75. The highest BCUT2D eigenvalue weighted by molar-refractivity contribution is 7.99. The van der Waals surface area contributed by atoms with Gasteiger partial charge >= 0.3 is 0 Å². The number of hydrogen-bond donors (Lipinski definition) is 1. The Morgan fingerprint density at radius 1 is 0.971 bits per heavy atom. The number of anilines is 1. The molecule has 5 nitrogen and oxygen atoms in total. The van der Waals surface area contributed by atoms with Crippen LogP contribution in [0.2, 0.25) is 0 Å². The molecule has 2 aromatic heterocycles. The van der Waals surface area contributed by atoms with Gasteiger partial charge in [-0.05, 0) is 54.8 Å². The van der Waals surface area contributed by atoms with Crippen LogP contribution in [0.3, 0.4) is 0 Å². The highest BCUT2D eigenvalue weighted by Crippen LogP contribution is 2.36. The molecule has 1 aliphatic rings. The largest absolute Gasteiger partial charge is 0.325 e. The fraction of sp³-hybridized carbons (Fsp3) is 0.179. The van der Waals surface area contributed by atoms with Gasteiger partial charge in [-0.2, -0.15) is 0 Å².